The Labute approximate surface area is 127 Å². The van der Waals surface area contributed by atoms with Gasteiger partial charge < -0.3 is 5.32 Å². The van der Waals surface area contributed by atoms with E-state index in [1.54, 1.807) is 0 Å². The first-order valence-electron chi connectivity index (χ1n) is 7.64. The summed E-state index contributed by atoms with van der Waals surface area (Å²) >= 11 is 0. The van der Waals surface area contributed by atoms with Gasteiger partial charge in [-0.05, 0) is 49.7 Å². The molecule has 0 aliphatic heterocycles. The number of aryl methyl sites for hydroxylation is 1. The van der Waals surface area contributed by atoms with Gasteiger partial charge in [0.05, 0.1) is 0 Å². The number of rotatable bonds is 4. The minimum absolute atomic E-state index is 0.400. The molecule has 2 unspecified atom stereocenters. The molecule has 0 radical (unpaired) electrons. The number of aromatic nitrogens is 1. The van der Waals surface area contributed by atoms with Gasteiger partial charge in [0.1, 0.15) is 0 Å². The molecule has 2 atom stereocenters. The molecule has 0 saturated heterocycles. The molecule has 1 aromatic heterocycles. The normalized spacial score (nSPS) is 21.3. The van der Waals surface area contributed by atoms with Crippen molar-refractivity contribution >= 4 is 0 Å². The summed E-state index contributed by atoms with van der Waals surface area (Å²) in [5.74, 6) is 0. The molecule has 0 saturated carbocycles. The first kappa shape index (κ1) is 14.2. The summed E-state index contributed by atoms with van der Waals surface area (Å²) in [4.78, 5) is 6.67. The average Bonchev–Trinajstić information content (AvgIpc) is 2.54. The van der Waals surface area contributed by atoms with Crippen molar-refractivity contribution in [2.75, 3.05) is 14.1 Å². The highest BCUT2D eigenvalue weighted by Gasteiger charge is 2.30. The predicted octanol–water partition coefficient (Wildman–Crippen LogP) is 2.79. The van der Waals surface area contributed by atoms with Gasteiger partial charge in [0.25, 0.3) is 0 Å². The van der Waals surface area contributed by atoms with Gasteiger partial charge in [-0.3, -0.25) is 9.88 Å². The fourth-order valence-electron chi connectivity index (χ4n) is 3.46. The molecule has 21 heavy (non-hydrogen) atoms. The van der Waals surface area contributed by atoms with Crippen LogP contribution in [0.25, 0.3) is 0 Å². The number of nitrogens with zero attached hydrogens (tertiary/aromatic N) is 2. The molecule has 2 aromatic rings. The Bertz CT molecular complexity index is 582. The Kier molecular flexibility index (Phi) is 4.32. The van der Waals surface area contributed by atoms with E-state index in [4.69, 9.17) is 0 Å². The highest BCUT2D eigenvalue weighted by molar-refractivity contribution is 5.34. The lowest BCUT2D eigenvalue weighted by atomic mass is 9.83. The molecule has 110 valence electrons. The topological polar surface area (TPSA) is 28.2 Å². The predicted molar refractivity (Wildman–Crippen MR) is 86.1 cm³/mol. The lowest BCUT2D eigenvalue weighted by Gasteiger charge is -2.39. The van der Waals surface area contributed by atoms with Crippen LogP contribution >= 0.6 is 0 Å². The zero-order valence-corrected chi connectivity index (χ0v) is 12.8. The Morgan fingerprint density at radius 2 is 2.10 bits per heavy atom. The van der Waals surface area contributed by atoms with Gasteiger partial charge in [-0.25, -0.2) is 0 Å². The maximum absolute atomic E-state index is 4.22. The molecule has 1 N–H and O–H groups in total. The number of fused-ring (bicyclic) bond motifs is 1. The van der Waals surface area contributed by atoms with Crippen molar-refractivity contribution in [1.29, 1.82) is 0 Å². The molecule has 3 nitrogen and oxygen atoms in total. The molecule has 3 heteroatoms. The second-order valence-electron chi connectivity index (χ2n) is 5.85. The van der Waals surface area contributed by atoms with Crippen LogP contribution in [0.5, 0.6) is 0 Å². The number of pyridine rings is 1. The van der Waals surface area contributed by atoms with Crippen LogP contribution in [0.4, 0.5) is 0 Å². The summed E-state index contributed by atoms with van der Waals surface area (Å²) < 4.78 is 0. The summed E-state index contributed by atoms with van der Waals surface area (Å²) in [7, 11) is 4.29. The van der Waals surface area contributed by atoms with Gasteiger partial charge in [-0.1, -0.05) is 30.3 Å². The van der Waals surface area contributed by atoms with Crippen LogP contribution in [0.2, 0.25) is 0 Å². The molecule has 1 aromatic carbocycles. The van der Waals surface area contributed by atoms with E-state index in [1.807, 2.05) is 18.5 Å². The molecule has 3 rings (SSSR count). The Morgan fingerprint density at radius 1 is 1.24 bits per heavy atom. The SMILES string of the molecule is CNC1c2ccccc2CCC1N(C)Cc1cccnc1. The van der Waals surface area contributed by atoms with Gasteiger partial charge in [-0.2, -0.15) is 0 Å². The van der Waals surface area contributed by atoms with E-state index in [2.05, 4.69) is 59.6 Å². The second-order valence-corrected chi connectivity index (χ2v) is 5.85. The Morgan fingerprint density at radius 3 is 2.86 bits per heavy atom. The standard InChI is InChI=1S/C18H23N3/c1-19-18-16-8-4-3-7-15(16)9-10-17(18)21(2)13-14-6-5-11-20-12-14/h3-8,11-12,17-19H,9-10,13H2,1-2H3. The fourth-order valence-corrected chi connectivity index (χ4v) is 3.46. The van der Waals surface area contributed by atoms with Gasteiger partial charge in [-0.15, -0.1) is 0 Å². The molecule has 0 bridgehead atoms. The molecule has 0 amide bonds. The molecule has 1 heterocycles. The van der Waals surface area contributed by atoms with Crippen LogP contribution in [-0.4, -0.2) is 30.0 Å². The lowest BCUT2D eigenvalue weighted by Crippen LogP contribution is -2.44. The summed E-state index contributed by atoms with van der Waals surface area (Å²) in [5, 5.41) is 3.52. The quantitative estimate of drug-likeness (QED) is 0.934. The molecule has 1 aliphatic carbocycles. The number of nitrogens with one attached hydrogen (secondary N) is 1. The minimum atomic E-state index is 0.400. The zero-order chi connectivity index (χ0) is 14.7. The van der Waals surface area contributed by atoms with E-state index in [0.717, 1.165) is 13.0 Å². The fraction of sp³-hybridized carbons (Fsp3) is 0.389. The third-order valence-electron chi connectivity index (χ3n) is 4.52. The van der Waals surface area contributed by atoms with Crippen LogP contribution in [0.3, 0.4) is 0 Å². The molecule has 0 spiro atoms. The monoisotopic (exact) mass is 281 g/mol. The van der Waals surface area contributed by atoms with Crippen LogP contribution in [0, 0.1) is 0 Å². The van der Waals surface area contributed by atoms with Crippen molar-refractivity contribution in [3.05, 3.63) is 65.5 Å². The van der Waals surface area contributed by atoms with E-state index in [9.17, 15) is 0 Å². The van der Waals surface area contributed by atoms with Crippen molar-refractivity contribution in [3.8, 4) is 0 Å². The van der Waals surface area contributed by atoms with Crippen molar-refractivity contribution in [3.63, 3.8) is 0 Å². The third-order valence-corrected chi connectivity index (χ3v) is 4.52. The smallest absolute Gasteiger partial charge is 0.0478 e. The van der Waals surface area contributed by atoms with Gasteiger partial charge in [0.2, 0.25) is 0 Å². The number of benzene rings is 1. The largest absolute Gasteiger partial charge is 0.312 e. The van der Waals surface area contributed by atoms with Crippen LogP contribution < -0.4 is 5.32 Å². The highest BCUT2D eigenvalue weighted by atomic mass is 15.2. The molecular formula is C18H23N3. The van der Waals surface area contributed by atoms with Crippen molar-refractivity contribution in [1.82, 2.24) is 15.2 Å². The first-order chi connectivity index (χ1) is 10.3. The minimum Gasteiger partial charge on any atom is -0.312 e. The number of likely N-dealkylation sites (N-methyl/N-ethyl adjacent to an activating group) is 2. The molecular weight excluding hydrogens is 258 g/mol. The Hall–Kier alpha value is -1.71. The average molecular weight is 281 g/mol. The molecule has 1 aliphatic rings. The maximum atomic E-state index is 4.22. The van der Waals surface area contributed by atoms with Crippen molar-refractivity contribution in [2.24, 2.45) is 0 Å². The summed E-state index contributed by atoms with van der Waals surface area (Å²) in [6, 6.07) is 13.9. The number of hydrogen-bond donors (Lipinski definition) is 1. The van der Waals surface area contributed by atoms with Gasteiger partial charge in [0.15, 0.2) is 0 Å². The third kappa shape index (κ3) is 2.99. The molecule has 0 fully saturated rings. The van der Waals surface area contributed by atoms with Gasteiger partial charge >= 0.3 is 0 Å². The van der Waals surface area contributed by atoms with Crippen molar-refractivity contribution < 1.29 is 0 Å². The maximum Gasteiger partial charge on any atom is 0.0478 e. The highest BCUT2D eigenvalue weighted by Crippen LogP contribution is 2.32. The lowest BCUT2D eigenvalue weighted by molar-refractivity contribution is 0.170. The van der Waals surface area contributed by atoms with Crippen LogP contribution in [0.15, 0.2) is 48.8 Å². The second kappa shape index (κ2) is 6.37. The summed E-state index contributed by atoms with van der Waals surface area (Å²) in [6.45, 7) is 0.943. The Balaban J connectivity index is 1.79. The summed E-state index contributed by atoms with van der Waals surface area (Å²) in [5.41, 5.74) is 4.21. The van der Waals surface area contributed by atoms with Gasteiger partial charge in [0, 0.05) is 31.0 Å². The van der Waals surface area contributed by atoms with Crippen molar-refractivity contribution in [2.45, 2.75) is 31.5 Å². The van der Waals surface area contributed by atoms with Crippen LogP contribution in [0.1, 0.15) is 29.2 Å². The van der Waals surface area contributed by atoms with E-state index < -0.39 is 0 Å². The van der Waals surface area contributed by atoms with E-state index >= 15 is 0 Å². The number of hydrogen-bond acceptors (Lipinski definition) is 3. The first-order valence-corrected chi connectivity index (χ1v) is 7.64. The van der Waals surface area contributed by atoms with E-state index in [-0.39, 0.29) is 0 Å². The van der Waals surface area contributed by atoms with E-state index in [0.29, 0.717) is 12.1 Å². The zero-order valence-electron chi connectivity index (χ0n) is 12.8. The summed E-state index contributed by atoms with van der Waals surface area (Å²) in [6.07, 6.45) is 6.15. The van der Waals surface area contributed by atoms with E-state index in [1.165, 1.54) is 23.1 Å². The van der Waals surface area contributed by atoms with Crippen LogP contribution in [-0.2, 0) is 13.0 Å².